The van der Waals surface area contributed by atoms with Gasteiger partial charge >= 0.3 is 5.69 Å². The summed E-state index contributed by atoms with van der Waals surface area (Å²) >= 11 is 0. The van der Waals surface area contributed by atoms with Crippen LogP contribution in [0.4, 0.5) is 4.39 Å². The topological polar surface area (TPSA) is 81.4 Å². The summed E-state index contributed by atoms with van der Waals surface area (Å²) in [6.07, 6.45) is 2.64. The lowest BCUT2D eigenvalue weighted by molar-refractivity contribution is 0.0837. The van der Waals surface area contributed by atoms with Gasteiger partial charge in [0, 0.05) is 30.8 Å². The zero-order valence-corrected chi connectivity index (χ0v) is 23.3. The molecule has 10 heteroatoms. The number of carbonyl (C=O) groups excluding carboxylic acids is 1. The van der Waals surface area contributed by atoms with Gasteiger partial charge < -0.3 is 4.90 Å². The number of halogens is 2. The van der Waals surface area contributed by atoms with Gasteiger partial charge in [0.15, 0.2) is 15.6 Å². The second kappa shape index (κ2) is 11.9. The number of benzene rings is 3. The lowest BCUT2D eigenvalue weighted by Crippen LogP contribution is -2.39. The zero-order chi connectivity index (χ0) is 26.9. The molecule has 0 aliphatic carbocycles. The number of sulfone groups is 1. The Morgan fingerprint density at radius 2 is 1.46 bits per heavy atom. The molecule has 0 radical (unpaired) electrons. The van der Waals surface area contributed by atoms with Crippen molar-refractivity contribution < 1.29 is 17.6 Å². The van der Waals surface area contributed by atoms with Crippen LogP contribution in [0.15, 0.2) is 82.5 Å². The van der Waals surface area contributed by atoms with Crippen molar-refractivity contribution in [3.05, 3.63) is 100 Å². The first-order valence-electron chi connectivity index (χ1n) is 12.7. The van der Waals surface area contributed by atoms with Crippen LogP contribution >= 0.6 is 12.4 Å². The molecule has 7 nitrogen and oxygen atoms in total. The van der Waals surface area contributed by atoms with Crippen molar-refractivity contribution in [2.45, 2.75) is 30.8 Å². The number of nitrogens with zero attached hydrogens (tertiary/aromatic N) is 3. The zero-order valence-electron chi connectivity index (χ0n) is 21.6. The van der Waals surface area contributed by atoms with E-state index < -0.39 is 9.84 Å². The number of rotatable bonds is 8. The quantitative estimate of drug-likeness (QED) is 0.293. The Balaban J connectivity index is 0.00000353. The van der Waals surface area contributed by atoms with Crippen molar-refractivity contribution in [2.75, 3.05) is 25.9 Å². The van der Waals surface area contributed by atoms with Gasteiger partial charge in [-0.1, -0.05) is 24.3 Å². The third kappa shape index (κ3) is 6.32. The van der Waals surface area contributed by atoms with Gasteiger partial charge in [-0.05, 0) is 80.0 Å². The number of Topliss-reactive ketones (excluding diaryl/α,β-unsaturated/α-hetero) is 1. The number of imidazole rings is 1. The van der Waals surface area contributed by atoms with E-state index in [9.17, 15) is 22.4 Å². The molecule has 2 heterocycles. The number of likely N-dealkylation sites (tertiary alicyclic amines) is 1. The molecule has 0 bridgehead atoms. The number of fused-ring (bicyclic) bond motifs is 1. The number of aromatic nitrogens is 2. The smallest absolute Gasteiger partial charge is 0.302 e. The highest BCUT2D eigenvalue weighted by atomic mass is 35.5. The van der Waals surface area contributed by atoms with Crippen LogP contribution in [0, 0.1) is 11.7 Å². The molecule has 1 aliphatic heterocycles. The fraction of sp³-hybridized carbons (Fsp3) is 0.310. The number of piperidine rings is 1. The second-order valence-electron chi connectivity index (χ2n) is 9.91. The van der Waals surface area contributed by atoms with E-state index in [1.165, 1.54) is 18.4 Å². The number of hydrogen-bond acceptors (Lipinski definition) is 5. The van der Waals surface area contributed by atoms with Gasteiger partial charge in [0.2, 0.25) is 0 Å². The van der Waals surface area contributed by atoms with Crippen LogP contribution in [-0.4, -0.2) is 54.1 Å². The van der Waals surface area contributed by atoms with E-state index in [1.54, 1.807) is 45.5 Å². The average Bonchev–Trinajstić information content (AvgIpc) is 3.18. The van der Waals surface area contributed by atoms with Crippen LogP contribution in [0.1, 0.15) is 28.8 Å². The summed E-state index contributed by atoms with van der Waals surface area (Å²) in [4.78, 5) is 28.8. The molecule has 206 valence electrons. The third-order valence-corrected chi connectivity index (χ3v) is 8.47. The monoisotopic (exact) mass is 571 g/mol. The Labute approximate surface area is 233 Å². The number of carbonyl (C=O) groups is 1. The fourth-order valence-corrected chi connectivity index (χ4v) is 5.81. The van der Waals surface area contributed by atoms with Crippen LogP contribution < -0.4 is 5.69 Å². The van der Waals surface area contributed by atoms with E-state index in [0.717, 1.165) is 42.5 Å². The standard InChI is InChI=1S/C29H30FN3O4S.ClH/c1-38(36,37)25-12-6-21(7-13-25)20-33-27-5-3-2-4-26(27)32(29(33)35)19-18-31-16-14-23(15-17-31)28(34)22-8-10-24(30)11-9-22;/h2-13,23H,14-20H2,1H3;1H. The summed E-state index contributed by atoms with van der Waals surface area (Å²) in [5, 5.41) is 0. The number of ketones is 1. The van der Waals surface area contributed by atoms with Gasteiger partial charge in [-0.2, -0.15) is 0 Å². The highest BCUT2D eigenvalue weighted by Gasteiger charge is 2.26. The fourth-order valence-electron chi connectivity index (χ4n) is 5.18. The van der Waals surface area contributed by atoms with Gasteiger partial charge in [0.05, 0.1) is 22.5 Å². The van der Waals surface area contributed by atoms with Crippen molar-refractivity contribution in [3.63, 3.8) is 0 Å². The van der Waals surface area contributed by atoms with Gasteiger partial charge in [-0.25, -0.2) is 17.6 Å². The minimum Gasteiger partial charge on any atom is -0.302 e. The first-order chi connectivity index (χ1) is 18.2. The van der Waals surface area contributed by atoms with Crippen LogP contribution in [0.5, 0.6) is 0 Å². The predicted octanol–water partition coefficient (Wildman–Crippen LogP) is 4.41. The molecular formula is C29H31ClFN3O4S. The molecule has 0 saturated carbocycles. The molecule has 0 spiro atoms. The highest BCUT2D eigenvalue weighted by molar-refractivity contribution is 7.90. The summed E-state index contributed by atoms with van der Waals surface area (Å²) in [6.45, 7) is 3.08. The van der Waals surface area contributed by atoms with E-state index in [4.69, 9.17) is 0 Å². The SMILES string of the molecule is CS(=O)(=O)c1ccc(Cn2c(=O)n(CCN3CCC(C(=O)c4ccc(F)cc4)CC3)c3ccccc32)cc1.Cl. The first-order valence-corrected chi connectivity index (χ1v) is 14.6. The van der Waals surface area contributed by atoms with E-state index in [0.29, 0.717) is 25.2 Å². The van der Waals surface area contributed by atoms with E-state index >= 15 is 0 Å². The summed E-state index contributed by atoms with van der Waals surface area (Å²) < 4.78 is 40.2. The molecule has 5 rings (SSSR count). The molecule has 3 aromatic carbocycles. The molecular weight excluding hydrogens is 541 g/mol. The molecule has 0 N–H and O–H groups in total. The maximum absolute atomic E-state index is 13.5. The number of hydrogen-bond donors (Lipinski definition) is 0. The van der Waals surface area contributed by atoms with Crippen molar-refractivity contribution in [2.24, 2.45) is 5.92 Å². The highest BCUT2D eigenvalue weighted by Crippen LogP contribution is 2.22. The Morgan fingerprint density at radius 3 is 2.05 bits per heavy atom. The minimum absolute atomic E-state index is 0. The van der Waals surface area contributed by atoms with Gasteiger partial charge in [0.1, 0.15) is 5.82 Å². The second-order valence-corrected chi connectivity index (χ2v) is 11.9. The van der Waals surface area contributed by atoms with E-state index in [1.807, 2.05) is 24.3 Å². The predicted molar refractivity (Wildman–Crippen MR) is 152 cm³/mol. The maximum Gasteiger partial charge on any atom is 0.329 e. The van der Waals surface area contributed by atoms with Crippen molar-refractivity contribution >= 4 is 39.1 Å². The molecule has 39 heavy (non-hydrogen) atoms. The Bertz CT molecular complexity index is 1620. The van der Waals surface area contributed by atoms with E-state index in [-0.39, 0.29) is 40.5 Å². The Morgan fingerprint density at radius 1 is 0.872 bits per heavy atom. The Hall–Kier alpha value is -3.27. The molecule has 0 atom stereocenters. The van der Waals surface area contributed by atoms with Crippen LogP contribution in [0.3, 0.4) is 0 Å². The Kier molecular flexibility index (Phi) is 8.73. The molecule has 1 fully saturated rings. The van der Waals surface area contributed by atoms with Crippen molar-refractivity contribution in [1.29, 1.82) is 0 Å². The molecule has 0 unspecified atom stereocenters. The molecule has 1 aromatic heterocycles. The van der Waals surface area contributed by atoms with Crippen molar-refractivity contribution in [3.8, 4) is 0 Å². The van der Waals surface area contributed by atoms with Crippen LogP contribution in [0.2, 0.25) is 0 Å². The third-order valence-electron chi connectivity index (χ3n) is 7.34. The lowest BCUT2D eigenvalue weighted by Gasteiger charge is -2.31. The van der Waals surface area contributed by atoms with Crippen molar-refractivity contribution in [1.82, 2.24) is 14.0 Å². The summed E-state index contributed by atoms with van der Waals surface area (Å²) in [6, 6.07) is 20.0. The van der Waals surface area contributed by atoms with E-state index in [2.05, 4.69) is 4.90 Å². The number of para-hydroxylation sites is 2. The molecule has 0 amide bonds. The first kappa shape index (κ1) is 28.7. The largest absolute Gasteiger partial charge is 0.329 e. The molecule has 1 saturated heterocycles. The average molecular weight is 572 g/mol. The van der Waals surface area contributed by atoms with Crippen LogP contribution in [-0.2, 0) is 22.9 Å². The van der Waals surface area contributed by atoms with Gasteiger partial charge in [0.25, 0.3) is 0 Å². The maximum atomic E-state index is 13.5. The minimum atomic E-state index is -3.28. The summed E-state index contributed by atoms with van der Waals surface area (Å²) in [5.41, 5.74) is 2.96. The van der Waals surface area contributed by atoms with Crippen LogP contribution in [0.25, 0.3) is 11.0 Å². The van der Waals surface area contributed by atoms with Gasteiger partial charge in [-0.15, -0.1) is 12.4 Å². The molecule has 4 aromatic rings. The summed E-state index contributed by atoms with van der Waals surface area (Å²) in [5.74, 6) is -0.359. The lowest BCUT2D eigenvalue weighted by atomic mass is 9.89. The summed E-state index contributed by atoms with van der Waals surface area (Å²) in [7, 11) is -3.28. The normalized spacial score (nSPS) is 14.8. The van der Waals surface area contributed by atoms with Gasteiger partial charge in [-0.3, -0.25) is 13.9 Å². The molecule has 1 aliphatic rings.